The molecule has 0 aliphatic carbocycles. The van der Waals surface area contributed by atoms with Crippen LogP contribution in [-0.4, -0.2) is 10.1 Å². The zero-order chi connectivity index (χ0) is 13.1. The SMILES string of the molecule is Cc1cc(NCc2cc(C)no2)cc([N+](=O)[O-])c1. The van der Waals surface area contributed by atoms with Crippen molar-refractivity contribution in [3.05, 3.63) is 51.4 Å². The smallest absolute Gasteiger partial charge is 0.271 e. The average molecular weight is 247 g/mol. The van der Waals surface area contributed by atoms with E-state index in [0.29, 0.717) is 18.0 Å². The van der Waals surface area contributed by atoms with Crippen molar-refractivity contribution in [3.8, 4) is 0 Å². The van der Waals surface area contributed by atoms with Crippen LogP contribution in [-0.2, 0) is 6.54 Å². The van der Waals surface area contributed by atoms with Gasteiger partial charge in [0.25, 0.3) is 5.69 Å². The third-order valence-electron chi connectivity index (χ3n) is 2.42. The lowest BCUT2D eigenvalue weighted by Gasteiger charge is -2.05. The van der Waals surface area contributed by atoms with Gasteiger partial charge < -0.3 is 9.84 Å². The maximum atomic E-state index is 10.7. The summed E-state index contributed by atoms with van der Waals surface area (Å²) < 4.78 is 5.05. The van der Waals surface area contributed by atoms with Crippen molar-refractivity contribution in [3.63, 3.8) is 0 Å². The molecule has 2 rings (SSSR count). The van der Waals surface area contributed by atoms with E-state index >= 15 is 0 Å². The minimum atomic E-state index is -0.406. The van der Waals surface area contributed by atoms with Crippen LogP contribution in [0.5, 0.6) is 0 Å². The summed E-state index contributed by atoms with van der Waals surface area (Å²) in [7, 11) is 0. The summed E-state index contributed by atoms with van der Waals surface area (Å²) in [5, 5.41) is 17.6. The van der Waals surface area contributed by atoms with Crippen molar-refractivity contribution < 1.29 is 9.45 Å². The molecular formula is C12H13N3O3. The minimum Gasteiger partial charge on any atom is -0.377 e. The predicted molar refractivity (Wildman–Crippen MR) is 66.4 cm³/mol. The van der Waals surface area contributed by atoms with E-state index in [2.05, 4.69) is 10.5 Å². The van der Waals surface area contributed by atoms with Crippen molar-refractivity contribution in [2.45, 2.75) is 20.4 Å². The lowest BCUT2D eigenvalue weighted by molar-refractivity contribution is -0.384. The largest absolute Gasteiger partial charge is 0.377 e. The lowest BCUT2D eigenvalue weighted by atomic mass is 10.2. The van der Waals surface area contributed by atoms with Gasteiger partial charge in [-0.15, -0.1) is 0 Å². The van der Waals surface area contributed by atoms with Gasteiger partial charge >= 0.3 is 0 Å². The van der Waals surface area contributed by atoms with Crippen molar-refractivity contribution in [2.24, 2.45) is 0 Å². The number of rotatable bonds is 4. The molecule has 2 aromatic rings. The standard InChI is InChI=1S/C12H13N3O3/c1-8-3-10(6-11(4-8)15(16)17)13-7-12-5-9(2)14-18-12/h3-6,13H,7H2,1-2H3. The Labute approximate surface area is 104 Å². The van der Waals surface area contributed by atoms with Gasteiger partial charge in [0.15, 0.2) is 5.76 Å². The Morgan fingerprint density at radius 3 is 2.72 bits per heavy atom. The number of benzene rings is 1. The molecule has 0 aliphatic heterocycles. The summed E-state index contributed by atoms with van der Waals surface area (Å²) in [6.07, 6.45) is 0. The Balaban J connectivity index is 2.11. The molecule has 1 heterocycles. The van der Waals surface area contributed by atoms with Crippen LogP contribution in [0.4, 0.5) is 11.4 Å². The van der Waals surface area contributed by atoms with Gasteiger partial charge in [0.1, 0.15) is 0 Å². The lowest BCUT2D eigenvalue weighted by Crippen LogP contribution is -1.99. The molecule has 6 nitrogen and oxygen atoms in total. The molecule has 18 heavy (non-hydrogen) atoms. The first kappa shape index (κ1) is 12.1. The number of nitro benzene ring substituents is 1. The van der Waals surface area contributed by atoms with Gasteiger partial charge in [0.2, 0.25) is 0 Å². The molecule has 0 radical (unpaired) electrons. The molecule has 0 unspecified atom stereocenters. The number of anilines is 1. The Morgan fingerprint density at radius 1 is 1.33 bits per heavy atom. The van der Waals surface area contributed by atoms with E-state index in [4.69, 9.17) is 4.52 Å². The molecule has 0 saturated heterocycles. The van der Waals surface area contributed by atoms with Gasteiger partial charge in [-0.25, -0.2) is 0 Å². The molecule has 0 spiro atoms. The van der Waals surface area contributed by atoms with E-state index in [-0.39, 0.29) is 5.69 Å². The fraction of sp³-hybridized carbons (Fsp3) is 0.250. The van der Waals surface area contributed by atoms with E-state index in [0.717, 1.165) is 11.3 Å². The van der Waals surface area contributed by atoms with Crippen LogP contribution >= 0.6 is 0 Å². The highest BCUT2D eigenvalue weighted by Crippen LogP contribution is 2.21. The normalized spacial score (nSPS) is 10.3. The number of nitrogens with one attached hydrogen (secondary N) is 1. The number of non-ortho nitro benzene ring substituents is 1. The maximum Gasteiger partial charge on any atom is 0.271 e. The molecule has 1 N–H and O–H groups in total. The van der Waals surface area contributed by atoms with Crippen LogP contribution in [0.1, 0.15) is 17.0 Å². The highest BCUT2D eigenvalue weighted by molar-refractivity contribution is 5.53. The number of hydrogen-bond acceptors (Lipinski definition) is 5. The molecule has 1 aromatic heterocycles. The van der Waals surface area contributed by atoms with E-state index in [1.54, 1.807) is 0 Å². The predicted octanol–water partition coefficient (Wildman–Crippen LogP) is 2.81. The van der Waals surface area contributed by atoms with Crippen LogP contribution in [0.15, 0.2) is 28.8 Å². The monoisotopic (exact) mass is 247 g/mol. The Kier molecular flexibility index (Phi) is 3.27. The molecule has 0 atom stereocenters. The van der Waals surface area contributed by atoms with Gasteiger partial charge in [0, 0.05) is 23.9 Å². The number of nitrogens with zero attached hydrogens (tertiary/aromatic N) is 2. The maximum absolute atomic E-state index is 10.7. The average Bonchev–Trinajstić information content (AvgIpc) is 2.72. The Morgan fingerprint density at radius 2 is 2.11 bits per heavy atom. The second-order valence-electron chi connectivity index (χ2n) is 4.10. The van der Waals surface area contributed by atoms with E-state index in [1.165, 1.54) is 12.1 Å². The highest BCUT2D eigenvalue weighted by atomic mass is 16.6. The van der Waals surface area contributed by atoms with E-state index < -0.39 is 4.92 Å². The van der Waals surface area contributed by atoms with E-state index in [9.17, 15) is 10.1 Å². The number of nitro groups is 1. The molecule has 0 amide bonds. The van der Waals surface area contributed by atoms with E-state index in [1.807, 2.05) is 26.0 Å². The highest BCUT2D eigenvalue weighted by Gasteiger charge is 2.08. The molecule has 0 aliphatic rings. The van der Waals surface area contributed by atoms with Crippen molar-refractivity contribution in [2.75, 3.05) is 5.32 Å². The first-order valence-corrected chi connectivity index (χ1v) is 5.47. The van der Waals surface area contributed by atoms with Crippen LogP contribution in [0.2, 0.25) is 0 Å². The van der Waals surface area contributed by atoms with Gasteiger partial charge in [-0.3, -0.25) is 10.1 Å². The van der Waals surface area contributed by atoms with Crippen LogP contribution in [0.25, 0.3) is 0 Å². The van der Waals surface area contributed by atoms with Gasteiger partial charge in [-0.2, -0.15) is 0 Å². The number of aromatic nitrogens is 1. The number of hydrogen-bond donors (Lipinski definition) is 1. The topological polar surface area (TPSA) is 81.2 Å². The summed E-state index contributed by atoms with van der Waals surface area (Å²) >= 11 is 0. The summed E-state index contributed by atoms with van der Waals surface area (Å²) in [6, 6.07) is 6.69. The van der Waals surface area contributed by atoms with Gasteiger partial charge in [0.05, 0.1) is 17.2 Å². The summed E-state index contributed by atoms with van der Waals surface area (Å²) in [5.41, 5.74) is 2.41. The Hall–Kier alpha value is -2.37. The fourth-order valence-corrected chi connectivity index (χ4v) is 1.66. The minimum absolute atomic E-state index is 0.0752. The Bertz CT molecular complexity index is 578. The molecule has 1 aromatic carbocycles. The first-order chi connectivity index (χ1) is 8.54. The number of aryl methyl sites for hydroxylation is 2. The summed E-state index contributed by atoms with van der Waals surface area (Å²) in [6.45, 7) is 4.10. The zero-order valence-electron chi connectivity index (χ0n) is 10.1. The molecular weight excluding hydrogens is 234 g/mol. The van der Waals surface area contributed by atoms with Crippen LogP contribution < -0.4 is 5.32 Å². The second-order valence-corrected chi connectivity index (χ2v) is 4.10. The molecule has 0 bridgehead atoms. The molecule has 0 saturated carbocycles. The third kappa shape index (κ3) is 2.85. The first-order valence-electron chi connectivity index (χ1n) is 5.47. The van der Waals surface area contributed by atoms with Crippen molar-refractivity contribution >= 4 is 11.4 Å². The molecule has 94 valence electrons. The zero-order valence-corrected chi connectivity index (χ0v) is 10.1. The summed E-state index contributed by atoms with van der Waals surface area (Å²) in [5.74, 6) is 0.691. The third-order valence-corrected chi connectivity index (χ3v) is 2.42. The molecule has 0 fully saturated rings. The van der Waals surface area contributed by atoms with Crippen LogP contribution in [0.3, 0.4) is 0 Å². The quantitative estimate of drug-likeness (QED) is 0.663. The summed E-state index contributed by atoms with van der Waals surface area (Å²) in [4.78, 5) is 10.3. The van der Waals surface area contributed by atoms with Crippen molar-refractivity contribution in [1.82, 2.24) is 5.16 Å². The van der Waals surface area contributed by atoms with Gasteiger partial charge in [-0.1, -0.05) is 5.16 Å². The second kappa shape index (κ2) is 4.87. The fourth-order valence-electron chi connectivity index (χ4n) is 1.66. The molecule has 6 heteroatoms. The van der Waals surface area contributed by atoms with Crippen LogP contribution in [0, 0.1) is 24.0 Å². The van der Waals surface area contributed by atoms with Crippen molar-refractivity contribution in [1.29, 1.82) is 0 Å². The van der Waals surface area contributed by atoms with Gasteiger partial charge in [-0.05, 0) is 25.5 Å².